The van der Waals surface area contributed by atoms with Gasteiger partial charge < -0.3 is 5.32 Å². The lowest BCUT2D eigenvalue weighted by Gasteiger charge is -2.29. The molecule has 0 spiro atoms. The Kier molecular flexibility index (Phi) is 4.47. The van der Waals surface area contributed by atoms with Crippen molar-refractivity contribution in [1.29, 1.82) is 0 Å². The van der Waals surface area contributed by atoms with Crippen molar-refractivity contribution < 1.29 is 17.2 Å². The second-order valence-electron chi connectivity index (χ2n) is 5.96. The minimum absolute atomic E-state index is 0.0987. The van der Waals surface area contributed by atoms with Gasteiger partial charge in [-0.3, -0.25) is 0 Å². The van der Waals surface area contributed by atoms with Gasteiger partial charge in [0, 0.05) is 18.6 Å². The van der Waals surface area contributed by atoms with E-state index in [1.807, 2.05) is 0 Å². The third kappa shape index (κ3) is 2.89. The molecule has 122 valence electrons. The third-order valence-electron chi connectivity index (χ3n) is 4.58. The minimum atomic E-state index is -3.79. The Morgan fingerprint density at radius 3 is 2.68 bits per heavy atom. The summed E-state index contributed by atoms with van der Waals surface area (Å²) in [5, 5.41) is 3.42. The number of nitrogens with one attached hydrogen (secondary N) is 1. The van der Waals surface area contributed by atoms with Crippen LogP contribution in [0.1, 0.15) is 32.1 Å². The first-order valence-electron chi connectivity index (χ1n) is 7.70. The van der Waals surface area contributed by atoms with Gasteiger partial charge in [-0.25, -0.2) is 17.2 Å². The zero-order valence-electron chi connectivity index (χ0n) is 12.3. The van der Waals surface area contributed by atoms with E-state index in [9.17, 15) is 17.2 Å². The molecule has 2 aliphatic heterocycles. The molecule has 2 fully saturated rings. The van der Waals surface area contributed by atoms with E-state index in [1.54, 1.807) is 0 Å². The molecule has 0 amide bonds. The average molecular weight is 330 g/mol. The summed E-state index contributed by atoms with van der Waals surface area (Å²) in [6.07, 6.45) is 4.75. The Morgan fingerprint density at radius 2 is 1.91 bits per heavy atom. The molecule has 7 heteroatoms. The summed E-state index contributed by atoms with van der Waals surface area (Å²) in [6.45, 7) is 1.32. The van der Waals surface area contributed by atoms with E-state index >= 15 is 0 Å². The SMILES string of the molecule is O=S(=O)(c1ccc(F)c(F)c1)N1CC[C@H]2NCCCCC[C@H]21. The summed E-state index contributed by atoms with van der Waals surface area (Å²) in [6, 6.07) is 2.83. The monoisotopic (exact) mass is 330 g/mol. The second-order valence-corrected chi connectivity index (χ2v) is 7.85. The molecule has 2 aliphatic rings. The zero-order valence-corrected chi connectivity index (χ0v) is 13.1. The Bertz CT molecular complexity index is 651. The van der Waals surface area contributed by atoms with Crippen LogP contribution in [-0.4, -0.2) is 37.9 Å². The van der Waals surface area contributed by atoms with E-state index in [0.29, 0.717) is 6.54 Å². The molecule has 0 unspecified atom stereocenters. The molecule has 0 aliphatic carbocycles. The van der Waals surface area contributed by atoms with Gasteiger partial charge in [-0.1, -0.05) is 12.8 Å². The Hall–Kier alpha value is -1.05. The number of sulfonamides is 1. The Labute approximate surface area is 129 Å². The van der Waals surface area contributed by atoms with Crippen molar-refractivity contribution in [3.05, 3.63) is 29.8 Å². The van der Waals surface area contributed by atoms with Crippen molar-refractivity contribution in [3.8, 4) is 0 Å². The lowest BCUT2D eigenvalue weighted by atomic mass is 10.00. The molecule has 3 rings (SSSR count). The molecule has 1 N–H and O–H groups in total. The molecule has 1 aromatic carbocycles. The summed E-state index contributed by atoms with van der Waals surface area (Å²) < 4.78 is 53.4. The first-order valence-corrected chi connectivity index (χ1v) is 9.14. The third-order valence-corrected chi connectivity index (χ3v) is 6.50. The lowest BCUT2D eigenvalue weighted by molar-refractivity contribution is 0.304. The number of benzene rings is 1. The highest BCUT2D eigenvalue weighted by Crippen LogP contribution is 2.30. The maximum Gasteiger partial charge on any atom is 0.243 e. The van der Waals surface area contributed by atoms with E-state index in [1.165, 1.54) is 4.31 Å². The molecule has 2 saturated heterocycles. The van der Waals surface area contributed by atoms with Gasteiger partial charge in [-0.15, -0.1) is 0 Å². The zero-order chi connectivity index (χ0) is 15.7. The smallest absolute Gasteiger partial charge is 0.243 e. The number of halogens is 2. The van der Waals surface area contributed by atoms with Gasteiger partial charge in [-0.2, -0.15) is 4.31 Å². The van der Waals surface area contributed by atoms with Crippen molar-refractivity contribution in [3.63, 3.8) is 0 Å². The van der Waals surface area contributed by atoms with Crippen molar-refractivity contribution in [2.45, 2.75) is 49.1 Å². The fourth-order valence-electron chi connectivity index (χ4n) is 3.42. The summed E-state index contributed by atoms with van der Waals surface area (Å²) >= 11 is 0. The molecule has 2 atom stereocenters. The van der Waals surface area contributed by atoms with Crippen LogP contribution in [0.15, 0.2) is 23.1 Å². The van der Waals surface area contributed by atoms with Crippen molar-refractivity contribution in [2.24, 2.45) is 0 Å². The van der Waals surface area contributed by atoms with Crippen molar-refractivity contribution in [2.75, 3.05) is 13.1 Å². The van der Waals surface area contributed by atoms with Gasteiger partial charge in [0.1, 0.15) is 0 Å². The summed E-state index contributed by atoms with van der Waals surface area (Å²) in [5.74, 6) is -2.17. The van der Waals surface area contributed by atoms with Crippen LogP contribution in [0, 0.1) is 11.6 Å². The maximum atomic E-state index is 13.4. The van der Waals surface area contributed by atoms with Gasteiger partial charge in [0.05, 0.1) is 4.90 Å². The largest absolute Gasteiger partial charge is 0.312 e. The predicted molar refractivity (Wildman–Crippen MR) is 78.9 cm³/mol. The molecular weight excluding hydrogens is 310 g/mol. The first-order chi connectivity index (χ1) is 10.5. The van der Waals surface area contributed by atoms with Gasteiger partial charge in [0.2, 0.25) is 10.0 Å². The van der Waals surface area contributed by atoms with Crippen LogP contribution in [0.25, 0.3) is 0 Å². The molecule has 0 bridgehead atoms. The van der Waals surface area contributed by atoms with Crippen LogP contribution >= 0.6 is 0 Å². The van der Waals surface area contributed by atoms with Crippen molar-refractivity contribution >= 4 is 10.0 Å². The summed E-state index contributed by atoms with van der Waals surface area (Å²) in [5.41, 5.74) is 0. The Morgan fingerprint density at radius 1 is 1.09 bits per heavy atom. The van der Waals surface area contributed by atoms with E-state index in [2.05, 4.69) is 5.32 Å². The Balaban J connectivity index is 1.89. The second kappa shape index (κ2) is 6.22. The highest BCUT2D eigenvalue weighted by molar-refractivity contribution is 7.89. The standard InChI is InChI=1S/C15H20F2N2O2S/c16-12-6-5-11(10-13(12)17)22(20,21)19-9-7-14-15(19)4-2-1-3-8-18-14/h5-6,10,14-15,18H,1-4,7-9H2/t14-,15-/m1/s1. The van der Waals surface area contributed by atoms with Gasteiger partial charge in [-0.05, 0) is 44.0 Å². The molecule has 4 nitrogen and oxygen atoms in total. The van der Waals surface area contributed by atoms with E-state index < -0.39 is 21.7 Å². The number of rotatable bonds is 2. The van der Waals surface area contributed by atoms with E-state index in [0.717, 1.165) is 56.8 Å². The number of hydrogen-bond acceptors (Lipinski definition) is 3. The highest BCUT2D eigenvalue weighted by atomic mass is 32.2. The van der Waals surface area contributed by atoms with Gasteiger partial charge >= 0.3 is 0 Å². The summed E-state index contributed by atoms with van der Waals surface area (Å²) in [7, 11) is -3.79. The van der Waals surface area contributed by atoms with Crippen LogP contribution < -0.4 is 5.32 Å². The predicted octanol–water partition coefficient (Wildman–Crippen LogP) is 2.26. The summed E-state index contributed by atoms with van der Waals surface area (Å²) in [4.78, 5) is -0.172. The van der Waals surface area contributed by atoms with Crippen LogP contribution in [0.5, 0.6) is 0 Å². The number of hydrogen-bond donors (Lipinski definition) is 1. The van der Waals surface area contributed by atoms with Gasteiger partial charge in [0.15, 0.2) is 11.6 Å². The topological polar surface area (TPSA) is 49.4 Å². The number of fused-ring (bicyclic) bond motifs is 1. The molecule has 1 aromatic rings. The maximum absolute atomic E-state index is 13.4. The molecule has 0 aromatic heterocycles. The molecule has 0 saturated carbocycles. The van der Waals surface area contributed by atoms with E-state index in [4.69, 9.17) is 0 Å². The van der Waals surface area contributed by atoms with Crippen LogP contribution in [0.4, 0.5) is 8.78 Å². The lowest BCUT2D eigenvalue weighted by Crippen LogP contribution is -2.45. The fourth-order valence-corrected chi connectivity index (χ4v) is 5.14. The first kappa shape index (κ1) is 15.8. The van der Waals surface area contributed by atoms with Crippen LogP contribution in [0.2, 0.25) is 0 Å². The highest BCUT2D eigenvalue weighted by Gasteiger charge is 2.41. The van der Waals surface area contributed by atoms with Crippen LogP contribution in [0.3, 0.4) is 0 Å². The van der Waals surface area contributed by atoms with Gasteiger partial charge in [0.25, 0.3) is 0 Å². The normalized spacial score (nSPS) is 27.2. The molecule has 22 heavy (non-hydrogen) atoms. The fraction of sp³-hybridized carbons (Fsp3) is 0.600. The average Bonchev–Trinajstić information content (AvgIpc) is 2.84. The quantitative estimate of drug-likeness (QED) is 0.905. The molecule has 0 radical (unpaired) electrons. The molecule has 2 heterocycles. The minimum Gasteiger partial charge on any atom is -0.312 e. The molecular formula is C15H20F2N2O2S. The van der Waals surface area contributed by atoms with Crippen molar-refractivity contribution in [1.82, 2.24) is 9.62 Å². The van der Waals surface area contributed by atoms with Crippen LogP contribution in [-0.2, 0) is 10.0 Å². The number of nitrogens with zero attached hydrogens (tertiary/aromatic N) is 1. The van der Waals surface area contributed by atoms with E-state index in [-0.39, 0.29) is 17.0 Å².